The summed E-state index contributed by atoms with van der Waals surface area (Å²) < 4.78 is 55.2. The Morgan fingerprint density at radius 3 is 2.53 bits per heavy atom. The van der Waals surface area contributed by atoms with Crippen LogP contribution in [0.3, 0.4) is 0 Å². The standard InChI is InChI=1S/C21H13F4N3OS/c22-18-8-5-13(28-30-14-6-3-12(4-7-14)21(23,24)25)10-16(18)19(29)17-11-27-20-15(17)2-1-9-26-20/h1-11,28H,(H,26,27). The zero-order valence-electron chi connectivity index (χ0n) is 15.1. The second-order valence-corrected chi connectivity index (χ2v) is 7.23. The number of carbonyl (C=O) groups is 1. The van der Waals surface area contributed by atoms with E-state index in [1.165, 1.54) is 30.5 Å². The predicted octanol–water partition coefficient (Wildman–Crippen LogP) is 6.07. The highest BCUT2D eigenvalue weighted by molar-refractivity contribution is 8.00. The maximum Gasteiger partial charge on any atom is 0.416 e. The minimum atomic E-state index is -4.40. The molecule has 30 heavy (non-hydrogen) atoms. The molecule has 2 aromatic heterocycles. The van der Waals surface area contributed by atoms with Crippen LogP contribution in [0.1, 0.15) is 21.5 Å². The number of alkyl halides is 3. The molecule has 0 radical (unpaired) electrons. The lowest BCUT2D eigenvalue weighted by molar-refractivity contribution is -0.137. The summed E-state index contributed by atoms with van der Waals surface area (Å²) in [6, 6.07) is 12.0. The number of hydrogen-bond acceptors (Lipinski definition) is 4. The van der Waals surface area contributed by atoms with Gasteiger partial charge in [-0.05, 0) is 66.5 Å². The fourth-order valence-corrected chi connectivity index (χ4v) is 3.52. The van der Waals surface area contributed by atoms with Gasteiger partial charge in [0.2, 0.25) is 0 Å². The number of pyridine rings is 1. The van der Waals surface area contributed by atoms with Gasteiger partial charge in [0.25, 0.3) is 0 Å². The first-order valence-electron chi connectivity index (χ1n) is 8.69. The molecule has 4 aromatic rings. The Kier molecular flexibility index (Phi) is 5.21. The van der Waals surface area contributed by atoms with Gasteiger partial charge in [0.05, 0.1) is 11.1 Å². The van der Waals surface area contributed by atoms with Crippen molar-refractivity contribution < 1.29 is 22.4 Å². The van der Waals surface area contributed by atoms with Crippen LogP contribution in [0.25, 0.3) is 11.0 Å². The molecule has 0 amide bonds. The summed E-state index contributed by atoms with van der Waals surface area (Å²) in [6.45, 7) is 0. The first-order chi connectivity index (χ1) is 14.3. The number of carbonyl (C=O) groups excluding carboxylic acids is 1. The number of nitrogens with zero attached hydrogens (tertiary/aromatic N) is 1. The summed E-state index contributed by atoms with van der Waals surface area (Å²) in [5, 5.41) is 0.583. The molecule has 0 spiro atoms. The van der Waals surface area contributed by atoms with Gasteiger partial charge >= 0.3 is 6.18 Å². The summed E-state index contributed by atoms with van der Waals surface area (Å²) in [4.78, 5) is 20.4. The van der Waals surface area contributed by atoms with Crippen molar-refractivity contribution in [2.75, 3.05) is 4.72 Å². The third-order valence-corrected chi connectivity index (χ3v) is 5.22. The number of benzene rings is 2. The van der Waals surface area contributed by atoms with Crippen LogP contribution >= 0.6 is 11.9 Å². The molecule has 2 aromatic carbocycles. The van der Waals surface area contributed by atoms with E-state index >= 15 is 0 Å². The molecule has 0 aliphatic carbocycles. The van der Waals surface area contributed by atoms with E-state index in [9.17, 15) is 22.4 Å². The van der Waals surface area contributed by atoms with Crippen LogP contribution in [0, 0.1) is 5.82 Å². The van der Waals surface area contributed by atoms with Crippen LogP contribution in [-0.2, 0) is 6.18 Å². The van der Waals surface area contributed by atoms with Crippen molar-refractivity contribution in [3.05, 3.63) is 89.5 Å². The molecule has 9 heteroatoms. The lowest BCUT2D eigenvalue weighted by Gasteiger charge is -2.10. The molecule has 152 valence electrons. The van der Waals surface area contributed by atoms with Gasteiger partial charge in [0.1, 0.15) is 11.5 Å². The average Bonchev–Trinajstić information content (AvgIpc) is 3.16. The van der Waals surface area contributed by atoms with E-state index in [-0.39, 0.29) is 5.56 Å². The zero-order chi connectivity index (χ0) is 21.3. The van der Waals surface area contributed by atoms with Crippen molar-refractivity contribution >= 4 is 34.5 Å². The maximum absolute atomic E-state index is 14.3. The fraction of sp³-hybridized carbons (Fsp3) is 0.0476. The molecule has 4 nitrogen and oxygen atoms in total. The van der Waals surface area contributed by atoms with Crippen LogP contribution in [0.15, 0.2) is 71.9 Å². The quantitative estimate of drug-likeness (QED) is 0.229. The van der Waals surface area contributed by atoms with Crippen LogP contribution in [0.2, 0.25) is 0 Å². The predicted molar refractivity (Wildman–Crippen MR) is 107 cm³/mol. The van der Waals surface area contributed by atoms with Gasteiger partial charge in [-0.15, -0.1) is 0 Å². The molecular weight excluding hydrogens is 418 g/mol. The molecule has 0 fully saturated rings. The third-order valence-electron chi connectivity index (χ3n) is 4.38. The van der Waals surface area contributed by atoms with Crippen molar-refractivity contribution in [2.24, 2.45) is 0 Å². The Balaban J connectivity index is 1.54. The number of hydrogen-bond donors (Lipinski definition) is 2. The minimum Gasteiger partial charge on any atom is -0.345 e. The SMILES string of the molecule is O=C(c1cc(NSc2ccc(C(F)(F)F)cc2)ccc1F)c1c[nH]c2ncccc12. The maximum atomic E-state index is 14.3. The number of aromatic nitrogens is 2. The van der Waals surface area contributed by atoms with Crippen molar-refractivity contribution in [1.29, 1.82) is 0 Å². The Bertz CT molecular complexity index is 1220. The van der Waals surface area contributed by atoms with Gasteiger partial charge in [-0.25, -0.2) is 9.37 Å². The monoisotopic (exact) mass is 431 g/mol. The van der Waals surface area contributed by atoms with Gasteiger partial charge in [0.15, 0.2) is 5.78 Å². The highest BCUT2D eigenvalue weighted by Crippen LogP contribution is 2.31. The first-order valence-corrected chi connectivity index (χ1v) is 9.51. The third kappa shape index (κ3) is 4.02. The number of H-pyrrole nitrogens is 1. The smallest absolute Gasteiger partial charge is 0.345 e. The van der Waals surface area contributed by atoms with Gasteiger partial charge in [-0.1, -0.05) is 0 Å². The zero-order valence-corrected chi connectivity index (χ0v) is 15.9. The van der Waals surface area contributed by atoms with Gasteiger partial charge < -0.3 is 9.71 Å². The summed E-state index contributed by atoms with van der Waals surface area (Å²) in [7, 11) is 0. The lowest BCUT2D eigenvalue weighted by Crippen LogP contribution is -2.05. The molecule has 0 unspecified atom stereocenters. The summed E-state index contributed by atoms with van der Waals surface area (Å²) in [5.74, 6) is -1.18. The topological polar surface area (TPSA) is 57.8 Å². The number of aromatic amines is 1. The number of nitrogens with one attached hydrogen (secondary N) is 2. The molecule has 2 N–H and O–H groups in total. The van der Waals surface area contributed by atoms with Crippen molar-refractivity contribution in [3.8, 4) is 0 Å². The lowest BCUT2D eigenvalue weighted by atomic mass is 10.0. The number of fused-ring (bicyclic) bond motifs is 1. The highest BCUT2D eigenvalue weighted by atomic mass is 32.2. The van der Waals surface area contributed by atoms with Crippen molar-refractivity contribution in [3.63, 3.8) is 0 Å². The van der Waals surface area contributed by atoms with E-state index in [0.29, 0.717) is 27.2 Å². The summed E-state index contributed by atoms with van der Waals surface area (Å²) in [6.07, 6.45) is -1.34. The Labute approximate surface area is 172 Å². The molecule has 2 heterocycles. The molecule has 4 rings (SSSR count). The van der Waals surface area contributed by atoms with Crippen LogP contribution in [0.4, 0.5) is 23.2 Å². The van der Waals surface area contributed by atoms with E-state index < -0.39 is 23.3 Å². The fourth-order valence-electron chi connectivity index (χ4n) is 2.88. The van der Waals surface area contributed by atoms with E-state index in [1.54, 1.807) is 18.3 Å². The number of halogens is 4. The van der Waals surface area contributed by atoms with Crippen molar-refractivity contribution in [1.82, 2.24) is 9.97 Å². The van der Waals surface area contributed by atoms with E-state index in [0.717, 1.165) is 30.1 Å². The molecule has 0 bridgehead atoms. The molecule has 0 saturated carbocycles. The summed E-state index contributed by atoms with van der Waals surface area (Å²) >= 11 is 1.05. The molecule has 0 aliphatic heterocycles. The Morgan fingerprint density at radius 2 is 1.80 bits per heavy atom. The average molecular weight is 431 g/mol. The number of anilines is 1. The van der Waals surface area contributed by atoms with Crippen LogP contribution < -0.4 is 4.72 Å². The Morgan fingerprint density at radius 1 is 1.03 bits per heavy atom. The van der Waals surface area contributed by atoms with Crippen molar-refractivity contribution in [2.45, 2.75) is 11.1 Å². The van der Waals surface area contributed by atoms with Crippen LogP contribution in [0.5, 0.6) is 0 Å². The molecule has 0 aliphatic rings. The second kappa shape index (κ2) is 7.83. The normalized spacial score (nSPS) is 11.6. The van der Waals surface area contributed by atoms with E-state index in [1.807, 2.05) is 0 Å². The summed E-state index contributed by atoms with van der Waals surface area (Å²) in [5.41, 5.74) is 0.382. The highest BCUT2D eigenvalue weighted by Gasteiger charge is 2.30. The van der Waals surface area contributed by atoms with Crippen LogP contribution in [-0.4, -0.2) is 15.8 Å². The van der Waals surface area contributed by atoms with Gasteiger partial charge in [-0.3, -0.25) is 4.79 Å². The number of rotatable bonds is 5. The van der Waals surface area contributed by atoms with Gasteiger partial charge in [0, 0.05) is 33.9 Å². The minimum absolute atomic E-state index is 0.127. The first kappa shape index (κ1) is 20.0. The Hall–Kier alpha value is -3.33. The van der Waals surface area contributed by atoms with E-state index in [4.69, 9.17) is 0 Å². The van der Waals surface area contributed by atoms with Gasteiger partial charge in [-0.2, -0.15) is 13.2 Å². The largest absolute Gasteiger partial charge is 0.416 e. The molecule has 0 atom stereocenters. The second-order valence-electron chi connectivity index (χ2n) is 6.35. The number of ketones is 1. The molecule has 0 saturated heterocycles. The molecular formula is C21H13F4N3OS. The van der Waals surface area contributed by atoms with E-state index in [2.05, 4.69) is 14.7 Å².